The standard InChI is InChI=1S/C13H8F3NO/c14-10-6-9(7-11(15)13(10)16)12(18)5-8-1-3-17-4-2-8/h1-4,6-7H,5H2. The lowest BCUT2D eigenvalue weighted by atomic mass is 10.0. The summed E-state index contributed by atoms with van der Waals surface area (Å²) in [6.45, 7) is 0. The van der Waals surface area contributed by atoms with E-state index < -0.39 is 23.2 Å². The van der Waals surface area contributed by atoms with Gasteiger partial charge < -0.3 is 0 Å². The fraction of sp³-hybridized carbons (Fsp3) is 0.0769. The van der Waals surface area contributed by atoms with E-state index in [1.807, 2.05) is 0 Å². The number of halogens is 3. The third-order valence-corrected chi connectivity index (χ3v) is 2.42. The third-order valence-electron chi connectivity index (χ3n) is 2.42. The second-order valence-corrected chi connectivity index (χ2v) is 3.71. The van der Waals surface area contributed by atoms with Crippen LogP contribution in [0.3, 0.4) is 0 Å². The van der Waals surface area contributed by atoms with Gasteiger partial charge in [-0.2, -0.15) is 0 Å². The van der Waals surface area contributed by atoms with Gasteiger partial charge in [0.25, 0.3) is 0 Å². The molecule has 0 aliphatic rings. The molecule has 0 aliphatic carbocycles. The molecule has 0 saturated carbocycles. The molecular formula is C13H8F3NO. The summed E-state index contributed by atoms with van der Waals surface area (Å²) < 4.78 is 38.7. The SMILES string of the molecule is O=C(Cc1ccncc1)c1cc(F)c(F)c(F)c1. The molecule has 0 saturated heterocycles. The number of rotatable bonds is 3. The average molecular weight is 251 g/mol. The second kappa shape index (κ2) is 5.00. The number of aromatic nitrogens is 1. The number of pyridine rings is 1. The molecule has 0 aliphatic heterocycles. The van der Waals surface area contributed by atoms with Gasteiger partial charge in [0.05, 0.1) is 0 Å². The van der Waals surface area contributed by atoms with Gasteiger partial charge in [-0.05, 0) is 29.8 Å². The summed E-state index contributed by atoms with van der Waals surface area (Å²) in [5.41, 5.74) is 0.475. The van der Waals surface area contributed by atoms with Crippen molar-refractivity contribution in [2.75, 3.05) is 0 Å². The van der Waals surface area contributed by atoms with Crippen LogP contribution < -0.4 is 0 Å². The van der Waals surface area contributed by atoms with E-state index in [1.165, 1.54) is 12.4 Å². The Kier molecular flexibility index (Phi) is 3.41. The molecule has 5 heteroatoms. The van der Waals surface area contributed by atoms with E-state index >= 15 is 0 Å². The fourth-order valence-electron chi connectivity index (χ4n) is 1.50. The van der Waals surface area contributed by atoms with Crippen molar-refractivity contribution in [2.24, 2.45) is 0 Å². The van der Waals surface area contributed by atoms with Crippen LogP contribution in [0.15, 0.2) is 36.7 Å². The molecule has 1 aromatic carbocycles. The molecule has 0 unspecified atom stereocenters. The van der Waals surface area contributed by atoms with Crippen molar-refractivity contribution < 1.29 is 18.0 Å². The van der Waals surface area contributed by atoms with Crippen molar-refractivity contribution in [3.05, 3.63) is 65.2 Å². The molecule has 1 heterocycles. The van der Waals surface area contributed by atoms with Gasteiger partial charge in [-0.15, -0.1) is 0 Å². The van der Waals surface area contributed by atoms with E-state index in [0.29, 0.717) is 17.7 Å². The van der Waals surface area contributed by atoms with Crippen molar-refractivity contribution in [2.45, 2.75) is 6.42 Å². The lowest BCUT2D eigenvalue weighted by Crippen LogP contribution is -2.06. The van der Waals surface area contributed by atoms with Crippen LogP contribution in [0.4, 0.5) is 13.2 Å². The number of hydrogen-bond acceptors (Lipinski definition) is 2. The number of nitrogens with zero attached hydrogens (tertiary/aromatic N) is 1. The van der Waals surface area contributed by atoms with Crippen LogP contribution in [-0.2, 0) is 6.42 Å². The Morgan fingerprint density at radius 2 is 1.61 bits per heavy atom. The fourth-order valence-corrected chi connectivity index (χ4v) is 1.50. The smallest absolute Gasteiger partial charge is 0.194 e. The highest BCUT2D eigenvalue weighted by atomic mass is 19.2. The lowest BCUT2D eigenvalue weighted by molar-refractivity contribution is 0.0992. The molecule has 0 spiro atoms. The minimum Gasteiger partial charge on any atom is -0.294 e. The van der Waals surface area contributed by atoms with Gasteiger partial charge in [0.1, 0.15) is 0 Å². The summed E-state index contributed by atoms with van der Waals surface area (Å²) in [4.78, 5) is 15.5. The van der Waals surface area contributed by atoms with Gasteiger partial charge in [-0.1, -0.05) is 0 Å². The molecule has 0 bridgehead atoms. The Morgan fingerprint density at radius 1 is 1.06 bits per heavy atom. The summed E-state index contributed by atoms with van der Waals surface area (Å²) in [5.74, 6) is -4.80. The van der Waals surface area contributed by atoms with Crippen LogP contribution in [0.1, 0.15) is 15.9 Å². The predicted octanol–water partition coefficient (Wildman–Crippen LogP) is 2.92. The highest BCUT2D eigenvalue weighted by Gasteiger charge is 2.15. The number of carbonyl (C=O) groups is 1. The molecule has 0 N–H and O–H groups in total. The van der Waals surface area contributed by atoms with Crippen molar-refractivity contribution in [3.8, 4) is 0 Å². The Morgan fingerprint density at radius 3 is 2.17 bits per heavy atom. The first-order chi connectivity index (χ1) is 8.58. The van der Waals surface area contributed by atoms with E-state index in [-0.39, 0.29) is 12.0 Å². The minimum atomic E-state index is -1.57. The first kappa shape index (κ1) is 12.3. The van der Waals surface area contributed by atoms with Gasteiger partial charge in [0.15, 0.2) is 23.2 Å². The molecule has 2 aromatic rings. The van der Waals surface area contributed by atoms with Gasteiger partial charge >= 0.3 is 0 Å². The zero-order valence-electron chi connectivity index (χ0n) is 9.16. The molecule has 2 rings (SSSR count). The van der Waals surface area contributed by atoms with Crippen molar-refractivity contribution in [1.29, 1.82) is 0 Å². The first-order valence-electron chi connectivity index (χ1n) is 5.14. The van der Waals surface area contributed by atoms with Gasteiger partial charge in [-0.3, -0.25) is 9.78 Å². The highest BCUT2D eigenvalue weighted by molar-refractivity contribution is 5.97. The molecule has 0 atom stereocenters. The first-order valence-corrected chi connectivity index (χ1v) is 5.14. The Hall–Kier alpha value is -2.17. The summed E-state index contributed by atoms with van der Waals surface area (Å²) in [7, 11) is 0. The van der Waals surface area contributed by atoms with Crippen LogP contribution in [0.2, 0.25) is 0 Å². The molecule has 2 nitrogen and oxygen atoms in total. The molecule has 0 fully saturated rings. The van der Waals surface area contributed by atoms with E-state index in [0.717, 1.165) is 0 Å². The summed E-state index contributed by atoms with van der Waals surface area (Å²) >= 11 is 0. The molecule has 0 radical (unpaired) electrons. The van der Waals surface area contributed by atoms with Crippen molar-refractivity contribution in [3.63, 3.8) is 0 Å². The normalized spacial score (nSPS) is 10.4. The quantitative estimate of drug-likeness (QED) is 0.620. The molecule has 18 heavy (non-hydrogen) atoms. The average Bonchev–Trinajstić information content (AvgIpc) is 2.36. The van der Waals surface area contributed by atoms with Crippen LogP contribution >= 0.6 is 0 Å². The summed E-state index contributed by atoms with van der Waals surface area (Å²) in [5, 5.41) is 0. The molecule has 0 amide bonds. The zero-order chi connectivity index (χ0) is 13.1. The van der Waals surface area contributed by atoms with E-state index in [1.54, 1.807) is 12.1 Å². The van der Waals surface area contributed by atoms with Crippen LogP contribution in [0.25, 0.3) is 0 Å². The monoisotopic (exact) mass is 251 g/mol. The topological polar surface area (TPSA) is 30.0 Å². The maximum atomic E-state index is 13.0. The number of benzene rings is 1. The zero-order valence-corrected chi connectivity index (χ0v) is 9.16. The summed E-state index contributed by atoms with van der Waals surface area (Å²) in [6.07, 6.45) is 3.00. The van der Waals surface area contributed by atoms with Crippen LogP contribution in [0.5, 0.6) is 0 Å². The van der Waals surface area contributed by atoms with Crippen molar-refractivity contribution in [1.82, 2.24) is 4.98 Å². The largest absolute Gasteiger partial charge is 0.294 e. The van der Waals surface area contributed by atoms with Crippen LogP contribution in [0, 0.1) is 17.5 Å². The third kappa shape index (κ3) is 2.56. The number of ketones is 1. The number of hydrogen-bond donors (Lipinski definition) is 0. The molecule has 92 valence electrons. The van der Waals surface area contributed by atoms with Crippen LogP contribution in [-0.4, -0.2) is 10.8 Å². The minimum absolute atomic E-state index is 0.0208. The van der Waals surface area contributed by atoms with E-state index in [2.05, 4.69) is 4.98 Å². The predicted molar refractivity (Wildman–Crippen MR) is 58.6 cm³/mol. The van der Waals surface area contributed by atoms with E-state index in [9.17, 15) is 18.0 Å². The maximum absolute atomic E-state index is 13.0. The van der Waals surface area contributed by atoms with Gasteiger partial charge in [0.2, 0.25) is 0 Å². The maximum Gasteiger partial charge on any atom is 0.194 e. The highest BCUT2D eigenvalue weighted by Crippen LogP contribution is 2.15. The van der Waals surface area contributed by atoms with Crippen molar-refractivity contribution >= 4 is 5.78 Å². The Labute approximate surface area is 101 Å². The van der Waals surface area contributed by atoms with E-state index in [4.69, 9.17) is 0 Å². The lowest BCUT2D eigenvalue weighted by Gasteiger charge is -2.03. The summed E-state index contributed by atoms with van der Waals surface area (Å²) in [6, 6.07) is 4.63. The number of carbonyl (C=O) groups excluding carboxylic acids is 1. The van der Waals surface area contributed by atoms with Gasteiger partial charge in [0, 0.05) is 24.4 Å². The molecular weight excluding hydrogens is 243 g/mol. The Bertz CT molecular complexity index is 561. The van der Waals surface area contributed by atoms with Gasteiger partial charge in [-0.25, -0.2) is 13.2 Å². The Balaban J connectivity index is 2.25. The second-order valence-electron chi connectivity index (χ2n) is 3.71. The molecule has 1 aromatic heterocycles. The number of Topliss-reactive ketones (excluding diaryl/α,β-unsaturated/α-hetero) is 1.